The third-order valence-electron chi connectivity index (χ3n) is 2.35. The van der Waals surface area contributed by atoms with Gasteiger partial charge in [-0.3, -0.25) is 4.79 Å². The average molecular weight is 265 g/mol. The van der Waals surface area contributed by atoms with Gasteiger partial charge in [-0.1, -0.05) is 0 Å². The second-order valence-electron chi connectivity index (χ2n) is 3.69. The minimum atomic E-state index is -1.18. The number of methoxy groups -OCH3 is 2. The molecule has 19 heavy (non-hydrogen) atoms. The molecule has 0 spiro atoms. The standard InChI is InChI=1S/C13H15NO5/c1-8(6-12(15)16)13(17)14-10-7-9(18-2)4-5-11(10)19-3/h4-7H,1-3H3,(H,14,17)(H,15,16)/b8-6-. The summed E-state index contributed by atoms with van der Waals surface area (Å²) in [6.45, 7) is 1.41. The van der Waals surface area contributed by atoms with Gasteiger partial charge in [-0.05, 0) is 19.1 Å². The molecule has 0 aliphatic heterocycles. The second-order valence-corrected chi connectivity index (χ2v) is 3.69. The Kier molecular flexibility index (Phi) is 4.93. The molecule has 0 unspecified atom stereocenters. The van der Waals surface area contributed by atoms with Crippen molar-refractivity contribution in [3.05, 3.63) is 29.8 Å². The third kappa shape index (κ3) is 4.02. The molecule has 0 aliphatic carbocycles. The molecule has 2 N–H and O–H groups in total. The van der Waals surface area contributed by atoms with Crippen molar-refractivity contribution >= 4 is 17.6 Å². The van der Waals surface area contributed by atoms with Crippen LogP contribution in [0.25, 0.3) is 0 Å². The van der Waals surface area contributed by atoms with Crippen molar-refractivity contribution in [1.82, 2.24) is 0 Å². The zero-order valence-corrected chi connectivity index (χ0v) is 10.9. The van der Waals surface area contributed by atoms with Gasteiger partial charge >= 0.3 is 5.97 Å². The molecule has 102 valence electrons. The van der Waals surface area contributed by atoms with E-state index in [0.29, 0.717) is 17.2 Å². The number of ether oxygens (including phenoxy) is 2. The molecule has 0 bridgehead atoms. The summed E-state index contributed by atoms with van der Waals surface area (Å²) in [5.74, 6) is -0.688. The molecule has 0 saturated heterocycles. The highest BCUT2D eigenvalue weighted by molar-refractivity contribution is 6.07. The fourth-order valence-electron chi connectivity index (χ4n) is 1.38. The minimum absolute atomic E-state index is 0.0809. The molecule has 0 atom stereocenters. The number of amides is 1. The van der Waals surface area contributed by atoms with Gasteiger partial charge in [0.1, 0.15) is 11.5 Å². The van der Waals surface area contributed by atoms with Crippen molar-refractivity contribution in [2.24, 2.45) is 0 Å². The van der Waals surface area contributed by atoms with Gasteiger partial charge in [-0.2, -0.15) is 0 Å². The van der Waals surface area contributed by atoms with Crippen molar-refractivity contribution in [1.29, 1.82) is 0 Å². The Labute approximate surface area is 110 Å². The fourth-order valence-corrected chi connectivity index (χ4v) is 1.38. The van der Waals surface area contributed by atoms with Crippen molar-refractivity contribution < 1.29 is 24.2 Å². The minimum Gasteiger partial charge on any atom is -0.497 e. The molecule has 1 aromatic rings. The Morgan fingerprint density at radius 2 is 1.95 bits per heavy atom. The highest BCUT2D eigenvalue weighted by Gasteiger charge is 2.11. The molecule has 1 rings (SSSR count). The Bertz CT molecular complexity index is 522. The van der Waals surface area contributed by atoms with Gasteiger partial charge < -0.3 is 19.9 Å². The van der Waals surface area contributed by atoms with E-state index in [4.69, 9.17) is 14.6 Å². The van der Waals surface area contributed by atoms with Crippen LogP contribution in [0.3, 0.4) is 0 Å². The number of carboxylic acids is 1. The van der Waals surface area contributed by atoms with E-state index in [1.807, 2.05) is 0 Å². The molecular weight excluding hydrogens is 250 g/mol. The zero-order valence-electron chi connectivity index (χ0n) is 10.9. The lowest BCUT2D eigenvalue weighted by atomic mass is 10.2. The zero-order chi connectivity index (χ0) is 14.4. The molecule has 0 aromatic heterocycles. The van der Waals surface area contributed by atoms with E-state index in [9.17, 15) is 9.59 Å². The summed E-state index contributed by atoms with van der Waals surface area (Å²) in [6, 6.07) is 4.92. The first-order valence-corrected chi connectivity index (χ1v) is 5.42. The van der Waals surface area contributed by atoms with Gasteiger partial charge in [0.05, 0.1) is 19.9 Å². The van der Waals surface area contributed by atoms with E-state index < -0.39 is 11.9 Å². The molecule has 6 nitrogen and oxygen atoms in total. The average Bonchev–Trinajstić information content (AvgIpc) is 2.37. The normalized spacial score (nSPS) is 10.8. The van der Waals surface area contributed by atoms with Crippen LogP contribution in [0.4, 0.5) is 5.69 Å². The van der Waals surface area contributed by atoms with Crippen LogP contribution < -0.4 is 14.8 Å². The van der Waals surface area contributed by atoms with E-state index in [-0.39, 0.29) is 5.57 Å². The van der Waals surface area contributed by atoms with Crippen molar-refractivity contribution in [2.75, 3.05) is 19.5 Å². The predicted molar refractivity (Wildman–Crippen MR) is 69.6 cm³/mol. The Morgan fingerprint density at radius 1 is 1.26 bits per heavy atom. The number of anilines is 1. The van der Waals surface area contributed by atoms with E-state index in [1.165, 1.54) is 21.1 Å². The van der Waals surface area contributed by atoms with Gasteiger partial charge in [-0.25, -0.2) is 4.79 Å². The fraction of sp³-hybridized carbons (Fsp3) is 0.231. The van der Waals surface area contributed by atoms with Crippen molar-refractivity contribution in [3.63, 3.8) is 0 Å². The first-order chi connectivity index (χ1) is 8.97. The smallest absolute Gasteiger partial charge is 0.328 e. The molecule has 0 fully saturated rings. The monoisotopic (exact) mass is 265 g/mol. The summed E-state index contributed by atoms with van der Waals surface area (Å²) in [7, 11) is 2.97. The maximum Gasteiger partial charge on any atom is 0.328 e. The molecule has 6 heteroatoms. The number of carbonyl (C=O) groups is 2. The molecule has 1 aromatic carbocycles. The summed E-state index contributed by atoms with van der Waals surface area (Å²) in [5, 5.41) is 11.1. The number of nitrogens with one attached hydrogen (secondary N) is 1. The number of hydrogen-bond acceptors (Lipinski definition) is 4. The third-order valence-corrected chi connectivity index (χ3v) is 2.35. The first kappa shape index (κ1) is 14.6. The maximum atomic E-state index is 11.8. The van der Waals surface area contributed by atoms with Crippen LogP contribution in [0, 0.1) is 0 Å². The second kappa shape index (κ2) is 6.44. The SMILES string of the molecule is COc1ccc(OC)c(NC(=O)/C(C)=C\C(=O)O)c1. The Balaban J connectivity index is 2.98. The lowest BCUT2D eigenvalue weighted by Gasteiger charge is -2.11. The summed E-state index contributed by atoms with van der Waals surface area (Å²) < 4.78 is 10.1. The summed E-state index contributed by atoms with van der Waals surface area (Å²) >= 11 is 0. The lowest BCUT2D eigenvalue weighted by Crippen LogP contribution is -2.14. The highest BCUT2D eigenvalue weighted by atomic mass is 16.5. The lowest BCUT2D eigenvalue weighted by molar-refractivity contribution is -0.131. The summed E-state index contributed by atoms with van der Waals surface area (Å²) in [6.07, 6.45) is 0.835. The van der Waals surface area contributed by atoms with Gasteiger partial charge in [-0.15, -0.1) is 0 Å². The molecule has 0 saturated carbocycles. The van der Waals surface area contributed by atoms with Gasteiger partial charge in [0.15, 0.2) is 0 Å². The largest absolute Gasteiger partial charge is 0.497 e. The highest BCUT2D eigenvalue weighted by Crippen LogP contribution is 2.29. The quantitative estimate of drug-likeness (QED) is 0.791. The number of benzene rings is 1. The van der Waals surface area contributed by atoms with Crippen LogP contribution in [0.2, 0.25) is 0 Å². The van der Waals surface area contributed by atoms with Gasteiger partial charge in [0.2, 0.25) is 0 Å². The van der Waals surface area contributed by atoms with E-state index in [0.717, 1.165) is 6.08 Å². The summed E-state index contributed by atoms with van der Waals surface area (Å²) in [5.41, 5.74) is 0.488. The maximum absolute atomic E-state index is 11.8. The van der Waals surface area contributed by atoms with Crippen LogP contribution in [0.1, 0.15) is 6.92 Å². The summed E-state index contributed by atoms with van der Waals surface area (Å²) in [4.78, 5) is 22.3. The van der Waals surface area contributed by atoms with Gasteiger partial charge in [0, 0.05) is 17.7 Å². The number of hydrogen-bond donors (Lipinski definition) is 2. The number of carbonyl (C=O) groups excluding carboxylic acids is 1. The van der Waals surface area contributed by atoms with Crippen LogP contribution in [0.15, 0.2) is 29.8 Å². The van der Waals surface area contributed by atoms with Crippen molar-refractivity contribution in [2.45, 2.75) is 6.92 Å². The molecule has 0 radical (unpaired) electrons. The number of rotatable bonds is 5. The first-order valence-electron chi connectivity index (χ1n) is 5.42. The van der Waals surface area contributed by atoms with Crippen LogP contribution in [0.5, 0.6) is 11.5 Å². The van der Waals surface area contributed by atoms with E-state index in [2.05, 4.69) is 5.32 Å². The Hall–Kier alpha value is -2.50. The molecule has 0 heterocycles. The molecule has 1 amide bonds. The van der Waals surface area contributed by atoms with E-state index in [1.54, 1.807) is 18.2 Å². The van der Waals surface area contributed by atoms with Crippen LogP contribution in [-0.4, -0.2) is 31.2 Å². The number of aliphatic carboxylic acids is 1. The predicted octanol–water partition coefficient (Wildman–Crippen LogP) is 1.67. The Morgan fingerprint density at radius 3 is 2.47 bits per heavy atom. The van der Waals surface area contributed by atoms with Crippen LogP contribution in [-0.2, 0) is 9.59 Å². The van der Waals surface area contributed by atoms with E-state index >= 15 is 0 Å². The van der Waals surface area contributed by atoms with Gasteiger partial charge in [0.25, 0.3) is 5.91 Å². The molecule has 0 aliphatic rings. The van der Waals surface area contributed by atoms with Crippen molar-refractivity contribution in [3.8, 4) is 11.5 Å². The topological polar surface area (TPSA) is 84.9 Å². The van der Waals surface area contributed by atoms with Crippen LogP contribution >= 0.6 is 0 Å². The molecular formula is C13H15NO5. The number of carboxylic acid groups (broad SMARTS) is 1.